The van der Waals surface area contributed by atoms with Crippen molar-refractivity contribution >= 4 is 0 Å². The quantitative estimate of drug-likeness (QED) is 0.638. The van der Waals surface area contributed by atoms with Crippen LogP contribution in [0.15, 0.2) is 0 Å². The molecule has 0 spiro atoms. The highest BCUT2D eigenvalue weighted by Gasteiger charge is 2.41. The van der Waals surface area contributed by atoms with Crippen LogP contribution in [0.25, 0.3) is 0 Å². The zero-order valence-corrected chi connectivity index (χ0v) is 9.53. The van der Waals surface area contributed by atoms with Gasteiger partial charge in [-0.05, 0) is 32.2 Å². The molecule has 0 aromatic heterocycles. The molecular formula is C12H25N. The summed E-state index contributed by atoms with van der Waals surface area (Å²) in [7, 11) is 2.13. The Morgan fingerprint density at radius 3 is 2.00 bits per heavy atom. The molecule has 1 N–H and O–H groups in total. The van der Waals surface area contributed by atoms with Gasteiger partial charge in [0.15, 0.2) is 0 Å². The Morgan fingerprint density at radius 2 is 1.69 bits per heavy atom. The van der Waals surface area contributed by atoms with Crippen molar-refractivity contribution in [2.45, 2.75) is 64.3 Å². The highest BCUT2D eigenvalue weighted by atomic mass is 15.0. The summed E-state index contributed by atoms with van der Waals surface area (Å²) in [6.45, 7) is 4.61. The first kappa shape index (κ1) is 11.0. The van der Waals surface area contributed by atoms with E-state index in [4.69, 9.17) is 0 Å². The van der Waals surface area contributed by atoms with Crippen LogP contribution in [0.3, 0.4) is 0 Å². The molecule has 0 aromatic rings. The second kappa shape index (κ2) is 4.99. The molecule has 78 valence electrons. The van der Waals surface area contributed by atoms with Crippen LogP contribution >= 0.6 is 0 Å². The molecule has 0 unspecified atom stereocenters. The van der Waals surface area contributed by atoms with E-state index in [2.05, 4.69) is 26.2 Å². The van der Waals surface area contributed by atoms with Gasteiger partial charge in [0.05, 0.1) is 0 Å². The van der Waals surface area contributed by atoms with Gasteiger partial charge < -0.3 is 5.32 Å². The summed E-state index contributed by atoms with van der Waals surface area (Å²) < 4.78 is 0. The molecule has 0 aliphatic heterocycles. The molecule has 0 bridgehead atoms. The molecule has 1 rings (SSSR count). The van der Waals surface area contributed by atoms with E-state index < -0.39 is 0 Å². The smallest absolute Gasteiger partial charge is 0.0182 e. The Morgan fingerprint density at radius 1 is 1.15 bits per heavy atom. The molecule has 1 nitrogen and oxygen atoms in total. The molecule has 0 atom stereocenters. The summed E-state index contributed by atoms with van der Waals surface area (Å²) in [4.78, 5) is 0. The maximum absolute atomic E-state index is 3.50. The third-order valence-electron chi connectivity index (χ3n) is 3.46. The van der Waals surface area contributed by atoms with E-state index in [1.54, 1.807) is 0 Å². The van der Waals surface area contributed by atoms with Crippen LogP contribution in [-0.4, -0.2) is 12.6 Å². The topological polar surface area (TPSA) is 12.0 Å². The van der Waals surface area contributed by atoms with Crippen molar-refractivity contribution in [3.63, 3.8) is 0 Å². The lowest BCUT2D eigenvalue weighted by molar-refractivity contribution is 0.341. The first-order chi connectivity index (χ1) is 6.26. The average molecular weight is 183 g/mol. The Balaban J connectivity index is 2.28. The molecule has 1 aliphatic rings. The normalized spacial score (nSPS) is 19.4. The molecule has 0 radical (unpaired) electrons. The Labute approximate surface area is 83.3 Å². The summed E-state index contributed by atoms with van der Waals surface area (Å²) in [5.74, 6) is 0.977. The van der Waals surface area contributed by atoms with Crippen molar-refractivity contribution in [1.82, 2.24) is 5.32 Å². The molecule has 1 fully saturated rings. The van der Waals surface area contributed by atoms with E-state index in [1.165, 1.54) is 44.9 Å². The molecule has 0 saturated heterocycles. The van der Waals surface area contributed by atoms with Gasteiger partial charge in [-0.1, -0.05) is 39.5 Å². The van der Waals surface area contributed by atoms with Gasteiger partial charge in [0.1, 0.15) is 0 Å². The minimum Gasteiger partial charge on any atom is -0.314 e. The van der Waals surface area contributed by atoms with Gasteiger partial charge in [-0.3, -0.25) is 0 Å². The Hall–Kier alpha value is -0.0400. The fraction of sp³-hybridized carbons (Fsp3) is 1.00. The van der Waals surface area contributed by atoms with Gasteiger partial charge in [-0.2, -0.15) is 0 Å². The van der Waals surface area contributed by atoms with Crippen LogP contribution in [0.2, 0.25) is 0 Å². The van der Waals surface area contributed by atoms with Gasteiger partial charge >= 0.3 is 0 Å². The van der Waals surface area contributed by atoms with E-state index in [9.17, 15) is 0 Å². The van der Waals surface area contributed by atoms with Gasteiger partial charge in [-0.25, -0.2) is 0 Å². The maximum Gasteiger partial charge on any atom is 0.0182 e. The summed E-state index contributed by atoms with van der Waals surface area (Å²) >= 11 is 0. The summed E-state index contributed by atoms with van der Waals surface area (Å²) in [5.41, 5.74) is 0.564. The second-order valence-electron chi connectivity index (χ2n) is 4.68. The van der Waals surface area contributed by atoms with Crippen molar-refractivity contribution in [1.29, 1.82) is 0 Å². The lowest BCUT2D eigenvalue weighted by Crippen LogP contribution is -2.29. The highest BCUT2D eigenvalue weighted by molar-refractivity contribution is 5.01. The Bertz CT molecular complexity index is 132. The van der Waals surface area contributed by atoms with Crippen LogP contribution in [0.5, 0.6) is 0 Å². The highest BCUT2D eigenvalue weighted by Crippen LogP contribution is 2.42. The molecule has 0 amide bonds. The predicted octanol–water partition coefficient (Wildman–Crippen LogP) is 3.34. The minimum absolute atomic E-state index is 0.564. The lowest BCUT2D eigenvalue weighted by Gasteiger charge is -2.22. The zero-order chi connectivity index (χ0) is 9.73. The van der Waals surface area contributed by atoms with Crippen LogP contribution in [0.4, 0.5) is 0 Å². The van der Waals surface area contributed by atoms with E-state index in [1.807, 2.05) is 0 Å². The van der Waals surface area contributed by atoms with Crippen LogP contribution < -0.4 is 5.32 Å². The maximum atomic E-state index is 3.50. The lowest BCUT2D eigenvalue weighted by atomic mass is 9.90. The SMILES string of the molecule is CCCC(CCC)CC1(NC)CC1. The molecule has 0 heterocycles. The summed E-state index contributed by atoms with van der Waals surface area (Å²) in [6, 6.07) is 0. The van der Waals surface area contributed by atoms with Crippen LogP contribution in [0, 0.1) is 5.92 Å². The monoisotopic (exact) mass is 183 g/mol. The first-order valence-electron chi connectivity index (χ1n) is 5.95. The number of rotatable bonds is 7. The van der Waals surface area contributed by atoms with Crippen molar-refractivity contribution in [2.75, 3.05) is 7.05 Å². The van der Waals surface area contributed by atoms with Crippen molar-refractivity contribution in [3.8, 4) is 0 Å². The Kier molecular flexibility index (Phi) is 4.24. The first-order valence-corrected chi connectivity index (χ1v) is 5.95. The molecule has 0 aromatic carbocycles. The fourth-order valence-corrected chi connectivity index (χ4v) is 2.42. The van der Waals surface area contributed by atoms with Gasteiger partial charge in [0.2, 0.25) is 0 Å². The standard InChI is InChI=1S/C12H25N/c1-4-6-11(7-5-2)10-12(13-3)8-9-12/h11,13H,4-10H2,1-3H3. The molecule has 1 aliphatic carbocycles. The summed E-state index contributed by atoms with van der Waals surface area (Å²) in [6.07, 6.45) is 9.80. The third kappa shape index (κ3) is 3.30. The fourth-order valence-electron chi connectivity index (χ4n) is 2.42. The van der Waals surface area contributed by atoms with E-state index in [0.29, 0.717) is 5.54 Å². The van der Waals surface area contributed by atoms with Crippen molar-refractivity contribution < 1.29 is 0 Å². The van der Waals surface area contributed by atoms with Crippen LogP contribution in [0.1, 0.15) is 58.8 Å². The molecule has 13 heavy (non-hydrogen) atoms. The largest absolute Gasteiger partial charge is 0.314 e. The summed E-state index contributed by atoms with van der Waals surface area (Å²) in [5, 5.41) is 3.50. The number of hydrogen-bond acceptors (Lipinski definition) is 1. The zero-order valence-electron chi connectivity index (χ0n) is 9.53. The number of hydrogen-bond donors (Lipinski definition) is 1. The second-order valence-corrected chi connectivity index (χ2v) is 4.68. The van der Waals surface area contributed by atoms with Gasteiger partial charge in [0, 0.05) is 5.54 Å². The average Bonchev–Trinajstić information content (AvgIpc) is 2.87. The molecule has 1 saturated carbocycles. The van der Waals surface area contributed by atoms with E-state index in [-0.39, 0.29) is 0 Å². The number of nitrogens with one attached hydrogen (secondary N) is 1. The predicted molar refractivity (Wildman–Crippen MR) is 58.9 cm³/mol. The molecular weight excluding hydrogens is 158 g/mol. The van der Waals surface area contributed by atoms with Gasteiger partial charge in [0.25, 0.3) is 0 Å². The molecule has 1 heteroatoms. The van der Waals surface area contributed by atoms with E-state index in [0.717, 1.165) is 5.92 Å². The third-order valence-corrected chi connectivity index (χ3v) is 3.46. The van der Waals surface area contributed by atoms with Gasteiger partial charge in [-0.15, -0.1) is 0 Å². The van der Waals surface area contributed by atoms with E-state index >= 15 is 0 Å². The van der Waals surface area contributed by atoms with Crippen LogP contribution in [-0.2, 0) is 0 Å². The van der Waals surface area contributed by atoms with Crippen molar-refractivity contribution in [3.05, 3.63) is 0 Å². The minimum atomic E-state index is 0.564. The van der Waals surface area contributed by atoms with Crippen molar-refractivity contribution in [2.24, 2.45) is 5.92 Å².